The topological polar surface area (TPSA) is 55.3 Å². The molecule has 0 amide bonds. The van der Waals surface area contributed by atoms with Gasteiger partial charge >= 0.3 is 0 Å². The lowest BCUT2D eigenvalue weighted by atomic mass is 10.1. The van der Waals surface area contributed by atoms with E-state index in [0.717, 1.165) is 37.7 Å². The van der Waals surface area contributed by atoms with E-state index in [1.807, 2.05) is 6.92 Å². The molecule has 78 valence electrons. The van der Waals surface area contributed by atoms with Crippen molar-refractivity contribution in [2.75, 3.05) is 13.1 Å². The summed E-state index contributed by atoms with van der Waals surface area (Å²) in [6, 6.07) is 0.319. The van der Waals surface area contributed by atoms with Gasteiger partial charge in [-0.15, -0.1) is 0 Å². The highest BCUT2D eigenvalue weighted by molar-refractivity contribution is 4.91. The van der Waals surface area contributed by atoms with Crippen LogP contribution in [0.1, 0.15) is 24.5 Å². The summed E-state index contributed by atoms with van der Waals surface area (Å²) in [6.07, 6.45) is 4.08. The van der Waals surface area contributed by atoms with Gasteiger partial charge in [-0.1, -0.05) is 0 Å². The molecule has 14 heavy (non-hydrogen) atoms. The summed E-state index contributed by atoms with van der Waals surface area (Å²) in [5.41, 5.74) is 5.89. The van der Waals surface area contributed by atoms with Crippen molar-refractivity contribution >= 4 is 0 Å². The minimum Gasteiger partial charge on any atom is -0.445 e. The largest absolute Gasteiger partial charge is 0.445 e. The number of likely N-dealkylation sites (tertiary alicyclic amines) is 1. The molecule has 0 aliphatic carbocycles. The first kappa shape index (κ1) is 9.68. The normalized spacial score (nSPS) is 24.0. The molecule has 1 fully saturated rings. The molecule has 1 aliphatic rings. The Balaban J connectivity index is 1.90. The summed E-state index contributed by atoms with van der Waals surface area (Å²) < 4.78 is 5.43. The Labute approximate surface area is 84.1 Å². The van der Waals surface area contributed by atoms with Crippen molar-refractivity contribution in [3.63, 3.8) is 0 Å². The van der Waals surface area contributed by atoms with E-state index in [2.05, 4.69) is 9.88 Å². The molecule has 0 bridgehead atoms. The second kappa shape index (κ2) is 4.11. The van der Waals surface area contributed by atoms with Gasteiger partial charge in [-0.2, -0.15) is 0 Å². The first-order valence-corrected chi connectivity index (χ1v) is 5.13. The molecule has 2 rings (SSSR count). The van der Waals surface area contributed by atoms with Gasteiger partial charge < -0.3 is 10.2 Å². The maximum Gasteiger partial charge on any atom is 0.208 e. The van der Waals surface area contributed by atoms with Crippen LogP contribution in [-0.2, 0) is 6.54 Å². The molecule has 1 aliphatic heterocycles. The van der Waals surface area contributed by atoms with E-state index in [0.29, 0.717) is 6.04 Å². The highest BCUT2D eigenvalue weighted by atomic mass is 16.4. The molecule has 2 N–H and O–H groups in total. The van der Waals surface area contributed by atoms with E-state index in [4.69, 9.17) is 10.2 Å². The number of rotatable bonds is 2. The molecule has 0 aromatic carbocycles. The van der Waals surface area contributed by atoms with Crippen molar-refractivity contribution in [1.82, 2.24) is 9.88 Å². The molecule has 1 saturated heterocycles. The van der Waals surface area contributed by atoms with Crippen LogP contribution in [0.3, 0.4) is 0 Å². The van der Waals surface area contributed by atoms with Crippen LogP contribution in [0.15, 0.2) is 10.6 Å². The van der Waals surface area contributed by atoms with Gasteiger partial charge in [0.25, 0.3) is 0 Å². The zero-order chi connectivity index (χ0) is 9.97. The maximum absolute atomic E-state index is 5.89. The lowest BCUT2D eigenvalue weighted by Crippen LogP contribution is -2.42. The second-order valence-electron chi connectivity index (χ2n) is 4.00. The maximum atomic E-state index is 5.89. The van der Waals surface area contributed by atoms with E-state index < -0.39 is 0 Å². The fourth-order valence-electron chi connectivity index (χ4n) is 1.90. The third-order valence-corrected chi connectivity index (χ3v) is 2.57. The standard InChI is InChI=1S/C10H17N3O/c1-8-5-12-10(14-8)7-13-4-2-3-9(11)6-13/h5,9H,2-4,6-7,11H2,1H3. The molecular formula is C10H17N3O. The molecule has 0 radical (unpaired) electrons. The Hall–Kier alpha value is -0.870. The Morgan fingerprint density at radius 2 is 2.57 bits per heavy atom. The summed E-state index contributed by atoms with van der Waals surface area (Å²) >= 11 is 0. The zero-order valence-corrected chi connectivity index (χ0v) is 8.57. The van der Waals surface area contributed by atoms with Gasteiger partial charge in [0.2, 0.25) is 5.89 Å². The Morgan fingerprint density at radius 3 is 3.21 bits per heavy atom. The van der Waals surface area contributed by atoms with E-state index in [1.165, 1.54) is 6.42 Å². The molecule has 1 unspecified atom stereocenters. The van der Waals surface area contributed by atoms with Gasteiger partial charge in [0.05, 0.1) is 12.7 Å². The summed E-state index contributed by atoms with van der Waals surface area (Å²) in [4.78, 5) is 6.49. The Kier molecular flexibility index (Phi) is 2.84. The Morgan fingerprint density at radius 1 is 1.71 bits per heavy atom. The van der Waals surface area contributed by atoms with Crippen LogP contribution < -0.4 is 5.73 Å². The quantitative estimate of drug-likeness (QED) is 0.762. The van der Waals surface area contributed by atoms with E-state index >= 15 is 0 Å². The third-order valence-electron chi connectivity index (χ3n) is 2.57. The molecule has 2 heterocycles. The van der Waals surface area contributed by atoms with Crippen LogP contribution in [0.4, 0.5) is 0 Å². The minimum absolute atomic E-state index is 0.319. The average Bonchev–Trinajstić information content (AvgIpc) is 2.51. The lowest BCUT2D eigenvalue weighted by molar-refractivity contribution is 0.184. The van der Waals surface area contributed by atoms with Gasteiger partial charge in [0.1, 0.15) is 5.76 Å². The average molecular weight is 195 g/mol. The SMILES string of the molecule is Cc1cnc(CN2CCCC(N)C2)o1. The summed E-state index contributed by atoms with van der Waals surface area (Å²) in [7, 11) is 0. The predicted octanol–water partition coefficient (Wildman–Crippen LogP) is 0.906. The summed E-state index contributed by atoms with van der Waals surface area (Å²) in [5, 5.41) is 0. The van der Waals surface area contributed by atoms with Crippen molar-refractivity contribution < 1.29 is 4.42 Å². The summed E-state index contributed by atoms with van der Waals surface area (Å²) in [6.45, 7) is 4.77. The Bertz CT molecular complexity index is 297. The smallest absolute Gasteiger partial charge is 0.208 e. The van der Waals surface area contributed by atoms with Crippen molar-refractivity contribution in [3.8, 4) is 0 Å². The van der Waals surface area contributed by atoms with Crippen molar-refractivity contribution in [2.45, 2.75) is 32.4 Å². The summed E-state index contributed by atoms with van der Waals surface area (Å²) in [5.74, 6) is 1.68. The fourth-order valence-corrected chi connectivity index (χ4v) is 1.90. The van der Waals surface area contributed by atoms with Crippen LogP contribution in [0.25, 0.3) is 0 Å². The van der Waals surface area contributed by atoms with Crippen LogP contribution in [0.5, 0.6) is 0 Å². The number of hydrogen-bond acceptors (Lipinski definition) is 4. The molecule has 4 heteroatoms. The number of nitrogens with two attached hydrogens (primary N) is 1. The molecule has 1 aromatic rings. The number of piperidine rings is 1. The number of aromatic nitrogens is 1. The number of oxazole rings is 1. The van der Waals surface area contributed by atoms with E-state index in [9.17, 15) is 0 Å². The number of aryl methyl sites for hydroxylation is 1. The van der Waals surface area contributed by atoms with Gasteiger partial charge in [0, 0.05) is 12.6 Å². The van der Waals surface area contributed by atoms with Gasteiger partial charge in [-0.05, 0) is 26.3 Å². The predicted molar refractivity (Wildman–Crippen MR) is 53.7 cm³/mol. The number of hydrogen-bond donors (Lipinski definition) is 1. The fraction of sp³-hybridized carbons (Fsp3) is 0.700. The monoisotopic (exact) mass is 195 g/mol. The lowest BCUT2D eigenvalue weighted by Gasteiger charge is -2.29. The molecule has 1 aromatic heterocycles. The van der Waals surface area contributed by atoms with Crippen LogP contribution in [0, 0.1) is 6.92 Å². The van der Waals surface area contributed by atoms with Crippen molar-refractivity contribution in [3.05, 3.63) is 17.8 Å². The molecule has 0 saturated carbocycles. The molecular weight excluding hydrogens is 178 g/mol. The minimum atomic E-state index is 0.319. The van der Waals surface area contributed by atoms with Gasteiger partial charge in [-0.25, -0.2) is 4.98 Å². The van der Waals surface area contributed by atoms with Gasteiger partial charge in [-0.3, -0.25) is 4.90 Å². The van der Waals surface area contributed by atoms with Crippen LogP contribution in [-0.4, -0.2) is 29.0 Å². The van der Waals surface area contributed by atoms with Gasteiger partial charge in [0.15, 0.2) is 0 Å². The molecule has 0 spiro atoms. The zero-order valence-electron chi connectivity index (χ0n) is 8.57. The molecule has 1 atom stereocenters. The molecule has 4 nitrogen and oxygen atoms in total. The second-order valence-corrected chi connectivity index (χ2v) is 4.00. The van der Waals surface area contributed by atoms with Crippen LogP contribution >= 0.6 is 0 Å². The van der Waals surface area contributed by atoms with E-state index in [1.54, 1.807) is 6.20 Å². The first-order chi connectivity index (χ1) is 6.74. The highest BCUT2D eigenvalue weighted by Crippen LogP contribution is 2.12. The van der Waals surface area contributed by atoms with E-state index in [-0.39, 0.29) is 0 Å². The first-order valence-electron chi connectivity index (χ1n) is 5.13. The van der Waals surface area contributed by atoms with Crippen LogP contribution in [0.2, 0.25) is 0 Å². The highest BCUT2D eigenvalue weighted by Gasteiger charge is 2.17. The third kappa shape index (κ3) is 2.33. The van der Waals surface area contributed by atoms with Crippen molar-refractivity contribution in [1.29, 1.82) is 0 Å². The number of nitrogens with zero attached hydrogens (tertiary/aromatic N) is 2. The van der Waals surface area contributed by atoms with Crippen molar-refractivity contribution in [2.24, 2.45) is 5.73 Å².